The van der Waals surface area contributed by atoms with E-state index in [0.717, 1.165) is 11.2 Å². The fourth-order valence-electron chi connectivity index (χ4n) is 1.08. The molecule has 0 fully saturated rings. The van der Waals surface area contributed by atoms with Crippen molar-refractivity contribution < 1.29 is 4.42 Å². The van der Waals surface area contributed by atoms with Crippen LogP contribution >= 0.6 is 12.2 Å². The fraction of sp³-hybridized carbons (Fsp3) is 0. The molecule has 0 amide bonds. The van der Waals surface area contributed by atoms with Crippen molar-refractivity contribution in [3.05, 3.63) is 24.6 Å². The summed E-state index contributed by atoms with van der Waals surface area (Å²) in [7, 11) is 0. The van der Waals surface area contributed by atoms with Crippen LogP contribution in [0.5, 0.6) is 0 Å². The van der Waals surface area contributed by atoms with Gasteiger partial charge in [0, 0.05) is 11.8 Å². The second-order valence-corrected chi connectivity index (χ2v) is 2.96. The molecule has 2 rings (SSSR count). The van der Waals surface area contributed by atoms with Gasteiger partial charge in [-0.1, -0.05) is 0 Å². The molecular weight excluding hydrogens is 186 g/mol. The van der Waals surface area contributed by atoms with Crippen LogP contribution in [0, 0.1) is 0 Å². The van der Waals surface area contributed by atoms with E-state index in [1.165, 1.54) is 6.39 Å². The van der Waals surface area contributed by atoms with E-state index < -0.39 is 0 Å². The Hall–Kier alpha value is -1.62. The Kier molecular flexibility index (Phi) is 1.86. The van der Waals surface area contributed by atoms with E-state index in [2.05, 4.69) is 10.3 Å². The van der Waals surface area contributed by atoms with E-state index in [1.807, 2.05) is 12.1 Å². The van der Waals surface area contributed by atoms with Crippen molar-refractivity contribution in [1.82, 2.24) is 4.98 Å². The number of rotatable bonds is 1. The number of oxazole rings is 1. The third-order valence-corrected chi connectivity index (χ3v) is 1.70. The molecule has 0 bridgehead atoms. The molecule has 0 atom stereocenters. The second kappa shape index (κ2) is 3.02. The molecule has 66 valence electrons. The number of anilines is 1. The minimum absolute atomic E-state index is 0.235. The largest absolute Gasteiger partial charge is 0.443 e. The van der Waals surface area contributed by atoms with Crippen LogP contribution in [-0.4, -0.2) is 10.1 Å². The van der Waals surface area contributed by atoms with Gasteiger partial charge in [-0.15, -0.1) is 0 Å². The zero-order valence-electron chi connectivity index (χ0n) is 6.65. The predicted molar refractivity (Wildman–Crippen MR) is 54.4 cm³/mol. The molecular formula is C8H7N3OS. The molecule has 0 aliphatic rings. The minimum atomic E-state index is 0.235. The first kappa shape index (κ1) is 8.00. The van der Waals surface area contributed by atoms with Crippen molar-refractivity contribution in [3.63, 3.8) is 0 Å². The number of nitrogens with zero attached hydrogens (tertiary/aromatic N) is 1. The highest BCUT2D eigenvalue weighted by Crippen LogP contribution is 2.17. The maximum atomic E-state index is 5.32. The Labute approximate surface area is 79.7 Å². The van der Waals surface area contributed by atoms with Crippen molar-refractivity contribution >= 4 is 34.1 Å². The summed E-state index contributed by atoms with van der Waals surface area (Å²) in [5.41, 5.74) is 7.64. The Morgan fingerprint density at radius 2 is 2.38 bits per heavy atom. The molecule has 0 spiro atoms. The topological polar surface area (TPSA) is 64.1 Å². The lowest BCUT2D eigenvalue weighted by Crippen LogP contribution is -2.18. The molecule has 4 nitrogen and oxygen atoms in total. The van der Waals surface area contributed by atoms with Gasteiger partial charge in [0.15, 0.2) is 17.1 Å². The summed E-state index contributed by atoms with van der Waals surface area (Å²) in [6, 6.07) is 5.46. The lowest BCUT2D eigenvalue weighted by Gasteiger charge is -2.01. The molecule has 0 aliphatic heterocycles. The van der Waals surface area contributed by atoms with E-state index in [1.54, 1.807) is 6.07 Å². The van der Waals surface area contributed by atoms with Crippen molar-refractivity contribution in [3.8, 4) is 0 Å². The molecule has 0 aliphatic carbocycles. The maximum absolute atomic E-state index is 5.32. The Morgan fingerprint density at radius 1 is 1.54 bits per heavy atom. The lowest BCUT2D eigenvalue weighted by atomic mass is 10.3. The van der Waals surface area contributed by atoms with Crippen molar-refractivity contribution in [2.75, 3.05) is 5.32 Å². The number of hydrogen-bond acceptors (Lipinski definition) is 3. The summed E-state index contributed by atoms with van der Waals surface area (Å²) < 4.78 is 5.10. The smallest absolute Gasteiger partial charge is 0.181 e. The lowest BCUT2D eigenvalue weighted by molar-refractivity contribution is 0.602. The summed E-state index contributed by atoms with van der Waals surface area (Å²) in [4.78, 5) is 3.98. The standard InChI is InChI=1S/C8H7N3OS/c9-8(13)11-5-1-2-6-7(3-5)12-4-10-6/h1-4H,(H3,9,11,13). The van der Waals surface area contributed by atoms with Crippen LogP contribution < -0.4 is 11.1 Å². The van der Waals surface area contributed by atoms with Crippen LogP contribution in [0.4, 0.5) is 5.69 Å². The molecule has 1 aromatic carbocycles. The first-order chi connectivity index (χ1) is 6.25. The van der Waals surface area contributed by atoms with Gasteiger partial charge >= 0.3 is 0 Å². The van der Waals surface area contributed by atoms with Crippen LogP contribution in [0.2, 0.25) is 0 Å². The van der Waals surface area contributed by atoms with Crippen LogP contribution in [0.1, 0.15) is 0 Å². The van der Waals surface area contributed by atoms with Crippen LogP contribution in [-0.2, 0) is 0 Å². The summed E-state index contributed by atoms with van der Waals surface area (Å²) in [5, 5.41) is 3.04. The number of hydrogen-bond donors (Lipinski definition) is 2. The second-order valence-electron chi connectivity index (χ2n) is 2.52. The fourth-order valence-corrected chi connectivity index (χ4v) is 1.19. The Balaban J connectivity index is 2.42. The van der Waals surface area contributed by atoms with Crippen LogP contribution in [0.15, 0.2) is 29.0 Å². The summed E-state index contributed by atoms with van der Waals surface area (Å²) >= 11 is 4.70. The Morgan fingerprint density at radius 3 is 3.15 bits per heavy atom. The number of fused-ring (bicyclic) bond motifs is 1. The van der Waals surface area contributed by atoms with Gasteiger partial charge in [-0.2, -0.15) is 0 Å². The Bertz CT molecular complexity index is 451. The van der Waals surface area contributed by atoms with Gasteiger partial charge in [-0.05, 0) is 24.4 Å². The van der Waals surface area contributed by atoms with Gasteiger partial charge in [-0.25, -0.2) is 4.98 Å². The molecule has 1 aromatic heterocycles. The van der Waals surface area contributed by atoms with E-state index in [0.29, 0.717) is 5.58 Å². The van der Waals surface area contributed by atoms with Gasteiger partial charge in [0.25, 0.3) is 0 Å². The SMILES string of the molecule is NC(=S)Nc1ccc2ncoc2c1. The number of aromatic nitrogens is 1. The molecule has 5 heteroatoms. The highest BCUT2D eigenvalue weighted by Gasteiger charge is 1.99. The number of thiocarbonyl (C=S) groups is 1. The normalized spacial score (nSPS) is 10.2. The first-order valence-electron chi connectivity index (χ1n) is 3.65. The molecule has 0 radical (unpaired) electrons. The van der Waals surface area contributed by atoms with Gasteiger partial charge in [-0.3, -0.25) is 0 Å². The van der Waals surface area contributed by atoms with E-state index >= 15 is 0 Å². The van der Waals surface area contributed by atoms with Gasteiger partial charge in [0.1, 0.15) is 5.52 Å². The number of nitrogens with one attached hydrogen (secondary N) is 1. The minimum Gasteiger partial charge on any atom is -0.443 e. The number of benzene rings is 1. The third kappa shape index (κ3) is 1.59. The molecule has 13 heavy (non-hydrogen) atoms. The number of nitrogens with two attached hydrogens (primary N) is 1. The van der Waals surface area contributed by atoms with Gasteiger partial charge < -0.3 is 15.5 Å². The van der Waals surface area contributed by atoms with Crippen LogP contribution in [0.25, 0.3) is 11.1 Å². The predicted octanol–water partition coefficient (Wildman–Crippen LogP) is 1.48. The van der Waals surface area contributed by atoms with Crippen molar-refractivity contribution in [1.29, 1.82) is 0 Å². The molecule has 0 unspecified atom stereocenters. The quantitative estimate of drug-likeness (QED) is 0.672. The van der Waals surface area contributed by atoms with Crippen LogP contribution in [0.3, 0.4) is 0 Å². The monoisotopic (exact) mass is 193 g/mol. The third-order valence-electron chi connectivity index (χ3n) is 1.60. The highest BCUT2D eigenvalue weighted by atomic mass is 32.1. The molecule has 3 N–H and O–H groups in total. The molecule has 2 aromatic rings. The van der Waals surface area contributed by atoms with E-state index in [4.69, 9.17) is 22.4 Å². The summed E-state index contributed by atoms with van der Waals surface area (Å²) in [5.74, 6) is 0. The van der Waals surface area contributed by atoms with Crippen molar-refractivity contribution in [2.24, 2.45) is 5.73 Å². The maximum Gasteiger partial charge on any atom is 0.181 e. The highest BCUT2D eigenvalue weighted by molar-refractivity contribution is 7.80. The van der Waals surface area contributed by atoms with E-state index in [-0.39, 0.29) is 5.11 Å². The summed E-state index contributed by atoms with van der Waals surface area (Å²) in [6.07, 6.45) is 1.40. The zero-order valence-corrected chi connectivity index (χ0v) is 7.47. The molecule has 0 saturated heterocycles. The van der Waals surface area contributed by atoms with Gasteiger partial charge in [0.2, 0.25) is 0 Å². The first-order valence-corrected chi connectivity index (χ1v) is 4.06. The average Bonchev–Trinajstić information content (AvgIpc) is 2.49. The van der Waals surface area contributed by atoms with Gasteiger partial charge in [0.05, 0.1) is 0 Å². The van der Waals surface area contributed by atoms with Crippen molar-refractivity contribution in [2.45, 2.75) is 0 Å². The average molecular weight is 193 g/mol. The molecule has 1 heterocycles. The zero-order chi connectivity index (χ0) is 9.26. The summed E-state index contributed by atoms with van der Waals surface area (Å²) in [6.45, 7) is 0. The van der Waals surface area contributed by atoms with E-state index in [9.17, 15) is 0 Å². The molecule has 0 saturated carbocycles.